The Bertz CT molecular complexity index is 644. The number of benzene rings is 1. The molecule has 2 nitrogen and oxygen atoms in total. The van der Waals surface area contributed by atoms with Crippen molar-refractivity contribution in [1.82, 2.24) is 0 Å². The molecule has 0 saturated heterocycles. The maximum atomic E-state index is 11.8. The fourth-order valence-electron chi connectivity index (χ4n) is 1.84. The van der Waals surface area contributed by atoms with Crippen molar-refractivity contribution < 1.29 is 9.21 Å². The van der Waals surface area contributed by atoms with Crippen molar-refractivity contribution in [3.8, 4) is 0 Å². The third kappa shape index (κ3) is 4.77. The number of hydrogen-bond acceptors (Lipinski definition) is 2. The molecular formula is C19H18O2. The van der Waals surface area contributed by atoms with E-state index in [-0.39, 0.29) is 5.78 Å². The lowest BCUT2D eigenvalue weighted by Gasteiger charge is -1.95. The van der Waals surface area contributed by atoms with E-state index in [2.05, 4.69) is 0 Å². The number of rotatable bonds is 6. The number of Topliss-reactive ketones (excluding diaryl/α,β-unsaturated/α-hetero) is 1. The summed E-state index contributed by atoms with van der Waals surface area (Å²) in [5.74, 6) is 0.389. The van der Waals surface area contributed by atoms with Crippen LogP contribution >= 0.6 is 0 Å². The third-order valence-corrected chi connectivity index (χ3v) is 3.01. The van der Waals surface area contributed by atoms with Gasteiger partial charge in [-0.05, 0) is 30.2 Å². The summed E-state index contributed by atoms with van der Waals surface area (Å²) in [7, 11) is 0. The molecule has 0 unspecified atom stereocenters. The number of ketones is 1. The first-order chi connectivity index (χ1) is 10.3. The standard InChI is InChI=1S/C19H18O2/c1-2-16(13-14-17-8-4-3-5-9-17)10-6-11-18(20)19-12-7-15-21-19/h2-10,12-15H,11H2,1H3. The maximum Gasteiger partial charge on any atom is 0.201 e. The summed E-state index contributed by atoms with van der Waals surface area (Å²) in [6.45, 7) is 1.98. The first-order valence-corrected chi connectivity index (χ1v) is 6.92. The minimum Gasteiger partial charge on any atom is -0.461 e. The summed E-state index contributed by atoms with van der Waals surface area (Å²) in [6.07, 6.45) is 11.7. The molecule has 1 heterocycles. The number of furan rings is 1. The first-order valence-electron chi connectivity index (χ1n) is 6.92. The fraction of sp³-hybridized carbons (Fsp3) is 0.105. The van der Waals surface area contributed by atoms with Crippen molar-refractivity contribution in [2.75, 3.05) is 0 Å². The van der Waals surface area contributed by atoms with Gasteiger partial charge in [0.2, 0.25) is 5.78 Å². The molecule has 0 aliphatic rings. The van der Waals surface area contributed by atoms with Crippen LogP contribution in [-0.2, 0) is 0 Å². The van der Waals surface area contributed by atoms with E-state index < -0.39 is 0 Å². The molecule has 0 fully saturated rings. The monoisotopic (exact) mass is 278 g/mol. The lowest BCUT2D eigenvalue weighted by Crippen LogP contribution is -1.93. The molecule has 0 N–H and O–H groups in total. The van der Waals surface area contributed by atoms with E-state index in [0.29, 0.717) is 12.2 Å². The SMILES string of the molecule is CC=C(C=CCC(=O)c1ccco1)C=Cc1ccccc1. The smallest absolute Gasteiger partial charge is 0.201 e. The van der Waals surface area contributed by atoms with Gasteiger partial charge < -0.3 is 4.42 Å². The van der Waals surface area contributed by atoms with Gasteiger partial charge in [0.05, 0.1) is 6.26 Å². The molecule has 0 atom stereocenters. The lowest BCUT2D eigenvalue weighted by molar-refractivity contribution is 0.0969. The van der Waals surface area contributed by atoms with Gasteiger partial charge in [-0.2, -0.15) is 0 Å². The molecule has 0 amide bonds. The van der Waals surface area contributed by atoms with Crippen LogP contribution in [0.25, 0.3) is 6.08 Å². The van der Waals surface area contributed by atoms with Crippen LogP contribution in [-0.4, -0.2) is 5.78 Å². The second-order valence-electron chi connectivity index (χ2n) is 4.54. The normalized spacial score (nSPS) is 12.3. The van der Waals surface area contributed by atoms with E-state index in [4.69, 9.17) is 4.42 Å². The first kappa shape index (κ1) is 14.8. The fourth-order valence-corrected chi connectivity index (χ4v) is 1.84. The Kier molecular flexibility index (Phi) is 5.53. The Morgan fingerprint density at radius 2 is 1.90 bits per heavy atom. The van der Waals surface area contributed by atoms with Crippen molar-refractivity contribution in [2.24, 2.45) is 0 Å². The van der Waals surface area contributed by atoms with Crippen molar-refractivity contribution >= 4 is 11.9 Å². The van der Waals surface area contributed by atoms with Crippen LogP contribution in [0.15, 0.2) is 83.0 Å². The number of hydrogen-bond donors (Lipinski definition) is 0. The highest BCUT2D eigenvalue weighted by Gasteiger charge is 2.05. The van der Waals surface area contributed by atoms with Gasteiger partial charge in [-0.25, -0.2) is 0 Å². The van der Waals surface area contributed by atoms with Crippen molar-refractivity contribution in [3.63, 3.8) is 0 Å². The molecule has 0 bridgehead atoms. The zero-order chi connectivity index (χ0) is 14.9. The zero-order valence-electron chi connectivity index (χ0n) is 12.0. The van der Waals surface area contributed by atoms with Crippen LogP contribution in [0.2, 0.25) is 0 Å². The largest absolute Gasteiger partial charge is 0.461 e. The van der Waals surface area contributed by atoms with E-state index in [0.717, 1.165) is 11.1 Å². The topological polar surface area (TPSA) is 30.2 Å². The molecule has 2 rings (SSSR count). The van der Waals surface area contributed by atoms with Gasteiger partial charge in [0.1, 0.15) is 0 Å². The van der Waals surface area contributed by atoms with Gasteiger partial charge in [0.15, 0.2) is 5.76 Å². The van der Waals surface area contributed by atoms with Crippen LogP contribution in [0, 0.1) is 0 Å². The Hall–Kier alpha value is -2.61. The van der Waals surface area contributed by atoms with E-state index in [9.17, 15) is 4.79 Å². The van der Waals surface area contributed by atoms with E-state index in [1.165, 1.54) is 6.26 Å². The van der Waals surface area contributed by atoms with Crippen molar-refractivity contribution in [2.45, 2.75) is 13.3 Å². The van der Waals surface area contributed by atoms with Crippen molar-refractivity contribution in [1.29, 1.82) is 0 Å². The van der Waals surface area contributed by atoms with E-state index in [1.807, 2.05) is 67.6 Å². The van der Waals surface area contributed by atoms with Crippen molar-refractivity contribution in [3.05, 3.63) is 89.9 Å². The van der Waals surface area contributed by atoms with Gasteiger partial charge in [-0.3, -0.25) is 4.79 Å². The van der Waals surface area contributed by atoms with Crippen LogP contribution in [0.3, 0.4) is 0 Å². The molecule has 106 valence electrons. The predicted octanol–water partition coefficient (Wildman–Crippen LogP) is 5.07. The minimum absolute atomic E-state index is 0.0151. The molecule has 21 heavy (non-hydrogen) atoms. The molecule has 0 spiro atoms. The molecule has 1 aromatic heterocycles. The Morgan fingerprint density at radius 3 is 2.57 bits per heavy atom. The number of carbonyl (C=O) groups excluding carboxylic acids is 1. The molecule has 0 radical (unpaired) electrons. The summed E-state index contributed by atoms with van der Waals surface area (Å²) in [5, 5.41) is 0. The van der Waals surface area contributed by atoms with Gasteiger partial charge in [-0.1, -0.05) is 60.7 Å². The van der Waals surface area contributed by atoms with Gasteiger partial charge >= 0.3 is 0 Å². The predicted molar refractivity (Wildman–Crippen MR) is 86.0 cm³/mol. The van der Waals surface area contributed by atoms with E-state index in [1.54, 1.807) is 12.1 Å². The summed E-state index contributed by atoms with van der Waals surface area (Å²) in [6, 6.07) is 13.5. The average Bonchev–Trinajstić information content (AvgIpc) is 3.06. The Labute approximate surface area is 125 Å². The molecule has 0 aliphatic heterocycles. The van der Waals surface area contributed by atoms with Crippen LogP contribution in [0.4, 0.5) is 0 Å². The van der Waals surface area contributed by atoms with Crippen LogP contribution in [0.1, 0.15) is 29.5 Å². The van der Waals surface area contributed by atoms with Gasteiger partial charge in [0, 0.05) is 6.42 Å². The minimum atomic E-state index is -0.0151. The highest BCUT2D eigenvalue weighted by molar-refractivity contribution is 5.94. The van der Waals surface area contributed by atoms with Crippen LogP contribution in [0.5, 0.6) is 0 Å². The zero-order valence-corrected chi connectivity index (χ0v) is 12.0. The maximum absolute atomic E-state index is 11.8. The van der Waals surface area contributed by atoms with Crippen LogP contribution < -0.4 is 0 Å². The highest BCUT2D eigenvalue weighted by Crippen LogP contribution is 2.09. The Balaban J connectivity index is 1.92. The van der Waals surface area contributed by atoms with E-state index >= 15 is 0 Å². The molecule has 0 aliphatic carbocycles. The lowest BCUT2D eigenvalue weighted by atomic mass is 10.1. The van der Waals surface area contributed by atoms with Gasteiger partial charge in [0.25, 0.3) is 0 Å². The molecule has 2 heteroatoms. The summed E-state index contributed by atoms with van der Waals surface area (Å²) in [5.41, 5.74) is 2.21. The summed E-state index contributed by atoms with van der Waals surface area (Å²) in [4.78, 5) is 11.8. The summed E-state index contributed by atoms with van der Waals surface area (Å²) >= 11 is 0. The average molecular weight is 278 g/mol. The summed E-state index contributed by atoms with van der Waals surface area (Å²) < 4.78 is 5.07. The molecule has 2 aromatic rings. The number of carbonyl (C=O) groups is 1. The third-order valence-electron chi connectivity index (χ3n) is 3.01. The second kappa shape index (κ2) is 7.85. The second-order valence-corrected chi connectivity index (χ2v) is 4.54. The van der Waals surface area contributed by atoms with Gasteiger partial charge in [-0.15, -0.1) is 0 Å². The highest BCUT2D eigenvalue weighted by atomic mass is 16.3. The molecule has 1 aromatic carbocycles. The molecule has 0 saturated carbocycles. The number of allylic oxidation sites excluding steroid dienone is 5. The Morgan fingerprint density at radius 1 is 1.10 bits per heavy atom. The quantitative estimate of drug-likeness (QED) is 0.545. The molecular weight excluding hydrogens is 260 g/mol.